The number of rotatable bonds is 3. The maximum absolute atomic E-state index is 8.78. The van der Waals surface area contributed by atoms with Crippen LogP contribution in [0.3, 0.4) is 0 Å². The Morgan fingerprint density at radius 3 is 3.00 bits per heavy atom. The van der Waals surface area contributed by atoms with Crippen molar-refractivity contribution in [3.05, 3.63) is 18.1 Å². The van der Waals surface area contributed by atoms with E-state index in [9.17, 15) is 0 Å². The quantitative estimate of drug-likeness (QED) is 0.694. The van der Waals surface area contributed by atoms with Gasteiger partial charge in [0.2, 0.25) is 0 Å². The minimum Gasteiger partial charge on any atom is -0.358 e. The average Bonchev–Trinajstić information content (AvgIpc) is 2.18. The molecule has 1 heterocycles. The van der Waals surface area contributed by atoms with Crippen molar-refractivity contribution in [1.82, 2.24) is 9.97 Å². The van der Waals surface area contributed by atoms with E-state index in [1.807, 2.05) is 11.9 Å². The summed E-state index contributed by atoms with van der Waals surface area (Å²) in [5.74, 6) is 0.708. The van der Waals surface area contributed by atoms with Crippen molar-refractivity contribution in [2.45, 2.75) is 13.3 Å². The zero-order valence-electron chi connectivity index (χ0n) is 7.86. The van der Waals surface area contributed by atoms with Gasteiger partial charge >= 0.3 is 0 Å². The van der Waals surface area contributed by atoms with Gasteiger partial charge in [0.15, 0.2) is 0 Å². The van der Waals surface area contributed by atoms with Gasteiger partial charge in [-0.3, -0.25) is 0 Å². The third-order valence-corrected chi connectivity index (χ3v) is 1.73. The highest BCUT2D eigenvalue weighted by atomic mass is 15.2. The molecule has 4 nitrogen and oxygen atoms in total. The van der Waals surface area contributed by atoms with Crippen LogP contribution in [0.4, 0.5) is 5.82 Å². The number of hydrogen-bond acceptors (Lipinski definition) is 4. The molecule has 4 heteroatoms. The molecule has 0 fully saturated rings. The van der Waals surface area contributed by atoms with E-state index in [4.69, 9.17) is 5.26 Å². The summed E-state index contributed by atoms with van der Waals surface area (Å²) in [5.41, 5.74) is 0.526. The summed E-state index contributed by atoms with van der Waals surface area (Å²) in [6.07, 6.45) is 4.03. The molecule has 0 aliphatic carbocycles. The monoisotopic (exact) mass is 176 g/mol. The van der Waals surface area contributed by atoms with Crippen molar-refractivity contribution in [3.8, 4) is 6.07 Å². The number of nitrogens with zero attached hydrogens (tertiary/aromatic N) is 4. The van der Waals surface area contributed by atoms with Crippen molar-refractivity contribution >= 4 is 5.82 Å². The van der Waals surface area contributed by atoms with Gasteiger partial charge in [0.1, 0.15) is 23.8 Å². The van der Waals surface area contributed by atoms with Gasteiger partial charge in [0, 0.05) is 13.6 Å². The molecule has 0 radical (unpaired) electrons. The Labute approximate surface area is 77.8 Å². The summed E-state index contributed by atoms with van der Waals surface area (Å²) in [7, 11) is 1.92. The van der Waals surface area contributed by atoms with Crippen molar-refractivity contribution < 1.29 is 0 Å². The van der Waals surface area contributed by atoms with Crippen LogP contribution in [0.1, 0.15) is 18.9 Å². The SMILES string of the molecule is CCCN(C)c1ncncc1C#N. The molecule has 0 unspecified atom stereocenters. The number of aromatic nitrogens is 2. The van der Waals surface area contributed by atoms with Gasteiger partial charge in [-0.25, -0.2) is 9.97 Å². The molecule has 0 aliphatic rings. The third-order valence-electron chi connectivity index (χ3n) is 1.73. The van der Waals surface area contributed by atoms with Crippen molar-refractivity contribution in [3.63, 3.8) is 0 Å². The molecule has 0 spiro atoms. The predicted molar refractivity (Wildman–Crippen MR) is 50.3 cm³/mol. The molecule has 13 heavy (non-hydrogen) atoms. The molecule has 0 saturated heterocycles. The van der Waals surface area contributed by atoms with E-state index in [1.165, 1.54) is 12.5 Å². The molecule has 1 aromatic heterocycles. The van der Waals surface area contributed by atoms with Crippen molar-refractivity contribution in [2.24, 2.45) is 0 Å². The van der Waals surface area contributed by atoms with Crippen LogP contribution in [0.2, 0.25) is 0 Å². The van der Waals surface area contributed by atoms with Crippen molar-refractivity contribution in [2.75, 3.05) is 18.5 Å². The fourth-order valence-electron chi connectivity index (χ4n) is 1.15. The number of anilines is 1. The molecular formula is C9H12N4. The van der Waals surface area contributed by atoms with E-state index >= 15 is 0 Å². The Balaban J connectivity index is 2.93. The van der Waals surface area contributed by atoms with Crippen LogP contribution in [0.25, 0.3) is 0 Å². The summed E-state index contributed by atoms with van der Waals surface area (Å²) in [6.45, 7) is 2.98. The number of nitriles is 1. The van der Waals surface area contributed by atoms with E-state index in [0.717, 1.165) is 13.0 Å². The van der Waals surface area contributed by atoms with Crippen LogP contribution in [-0.2, 0) is 0 Å². The fraction of sp³-hybridized carbons (Fsp3) is 0.444. The molecule has 1 rings (SSSR count). The molecule has 0 atom stereocenters. The van der Waals surface area contributed by atoms with E-state index in [1.54, 1.807) is 0 Å². The molecule has 0 bridgehead atoms. The summed E-state index contributed by atoms with van der Waals surface area (Å²) in [4.78, 5) is 9.82. The maximum Gasteiger partial charge on any atom is 0.149 e. The number of hydrogen-bond donors (Lipinski definition) is 0. The highest BCUT2D eigenvalue weighted by Gasteiger charge is 2.06. The Morgan fingerprint density at radius 2 is 2.38 bits per heavy atom. The smallest absolute Gasteiger partial charge is 0.149 e. The van der Waals surface area contributed by atoms with E-state index in [0.29, 0.717) is 11.4 Å². The fourth-order valence-corrected chi connectivity index (χ4v) is 1.15. The van der Waals surface area contributed by atoms with Crippen molar-refractivity contribution in [1.29, 1.82) is 5.26 Å². The Kier molecular flexibility index (Phi) is 3.21. The molecule has 1 aromatic rings. The highest BCUT2D eigenvalue weighted by Crippen LogP contribution is 2.12. The van der Waals surface area contributed by atoms with Gasteiger partial charge in [0.25, 0.3) is 0 Å². The second kappa shape index (κ2) is 4.41. The summed E-state index contributed by atoms with van der Waals surface area (Å²) in [6, 6.07) is 2.07. The van der Waals surface area contributed by atoms with Gasteiger partial charge in [0.05, 0.1) is 6.20 Å². The van der Waals surface area contributed by atoms with Gasteiger partial charge in [-0.1, -0.05) is 6.92 Å². The van der Waals surface area contributed by atoms with Crippen LogP contribution in [-0.4, -0.2) is 23.6 Å². The summed E-state index contributed by atoms with van der Waals surface area (Å²) >= 11 is 0. The van der Waals surface area contributed by atoms with Crippen LogP contribution >= 0.6 is 0 Å². The van der Waals surface area contributed by atoms with Crippen LogP contribution < -0.4 is 4.90 Å². The summed E-state index contributed by atoms with van der Waals surface area (Å²) < 4.78 is 0. The second-order valence-corrected chi connectivity index (χ2v) is 2.79. The Hall–Kier alpha value is -1.63. The zero-order chi connectivity index (χ0) is 9.68. The second-order valence-electron chi connectivity index (χ2n) is 2.79. The summed E-state index contributed by atoms with van der Waals surface area (Å²) in [5, 5.41) is 8.78. The molecule has 0 aliphatic heterocycles. The van der Waals surface area contributed by atoms with Crippen LogP contribution in [0, 0.1) is 11.3 Å². The third kappa shape index (κ3) is 2.15. The molecule has 0 amide bonds. The molecule has 0 aromatic carbocycles. The van der Waals surface area contributed by atoms with E-state index < -0.39 is 0 Å². The molecule has 0 saturated carbocycles. The lowest BCUT2D eigenvalue weighted by molar-refractivity contribution is 0.832. The zero-order valence-corrected chi connectivity index (χ0v) is 7.86. The standard InChI is InChI=1S/C9H12N4/c1-3-4-13(2)9-8(5-10)6-11-7-12-9/h6-7H,3-4H2,1-2H3. The van der Waals surface area contributed by atoms with Gasteiger partial charge < -0.3 is 4.90 Å². The normalized spacial score (nSPS) is 9.31. The Morgan fingerprint density at radius 1 is 1.62 bits per heavy atom. The van der Waals surface area contributed by atoms with E-state index in [2.05, 4.69) is 23.0 Å². The molecule has 68 valence electrons. The maximum atomic E-state index is 8.78. The average molecular weight is 176 g/mol. The highest BCUT2D eigenvalue weighted by molar-refractivity contribution is 5.51. The first kappa shape index (κ1) is 9.46. The minimum atomic E-state index is 0.526. The predicted octanol–water partition coefficient (Wildman–Crippen LogP) is 1.19. The first-order valence-corrected chi connectivity index (χ1v) is 4.20. The van der Waals surface area contributed by atoms with Crippen LogP contribution in [0.15, 0.2) is 12.5 Å². The Bertz CT molecular complexity index is 316. The molecule has 0 N–H and O–H groups in total. The topological polar surface area (TPSA) is 52.8 Å². The lowest BCUT2D eigenvalue weighted by Crippen LogP contribution is -2.20. The minimum absolute atomic E-state index is 0.526. The first-order valence-electron chi connectivity index (χ1n) is 4.20. The lowest BCUT2D eigenvalue weighted by Gasteiger charge is -2.17. The van der Waals surface area contributed by atoms with Gasteiger partial charge in [-0.05, 0) is 6.42 Å². The van der Waals surface area contributed by atoms with Crippen LogP contribution in [0.5, 0.6) is 0 Å². The molecular weight excluding hydrogens is 164 g/mol. The van der Waals surface area contributed by atoms with Gasteiger partial charge in [-0.15, -0.1) is 0 Å². The van der Waals surface area contributed by atoms with E-state index in [-0.39, 0.29) is 0 Å². The first-order chi connectivity index (χ1) is 6.29. The lowest BCUT2D eigenvalue weighted by atomic mass is 10.3. The largest absolute Gasteiger partial charge is 0.358 e. The van der Waals surface area contributed by atoms with Gasteiger partial charge in [-0.2, -0.15) is 5.26 Å².